The molecule has 0 aliphatic rings. The van der Waals surface area contributed by atoms with Gasteiger partial charge in [0.2, 0.25) is 0 Å². The third-order valence-electron chi connectivity index (χ3n) is 2.78. The van der Waals surface area contributed by atoms with E-state index in [1.807, 2.05) is 0 Å². The van der Waals surface area contributed by atoms with Crippen LogP contribution >= 0.6 is 11.6 Å². The fourth-order valence-corrected chi connectivity index (χ4v) is 3.27. The Kier molecular flexibility index (Phi) is 4.86. The number of halogens is 3. The van der Waals surface area contributed by atoms with Crippen LogP contribution in [-0.2, 0) is 23.1 Å². The maximum absolute atomic E-state index is 13.5. The van der Waals surface area contributed by atoms with Gasteiger partial charge < -0.3 is 5.73 Å². The topological polar surface area (TPSA) is 43.1 Å². The van der Waals surface area contributed by atoms with Crippen molar-refractivity contribution in [3.05, 3.63) is 64.2 Å². The highest BCUT2D eigenvalue weighted by Crippen LogP contribution is 2.23. The first-order valence-corrected chi connectivity index (χ1v) is 7.51. The molecular formula is C14H12ClF2NOS. The van der Waals surface area contributed by atoms with Gasteiger partial charge in [-0.15, -0.1) is 0 Å². The summed E-state index contributed by atoms with van der Waals surface area (Å²) in [5.41, 5.74) is 6.94. The molecule has 0 spiro atoms. The molecule has 0 amide bonds. The van der Waals surface area contributed by atoms with Crippen LogP contribution < -0.4 is 5.73 Å². The summed E-state index contributed by atoms with van der Waals surface area (Å²) >= 11 is 6.05. The van der Waals surface area contributed by atoms with E-state index in [1.54, 1.807) is 18.2 Å². The van der Waals surface area contributed by atoms with Gasteiger partial charge in [0.1, 0.15) is 11.6 Å². The van der Waals surface area contributed by atoms with Gasteiger partial charge in [0.15, 0.2) is 0 Å². The van der Waals surface area contributed by atoms with Crippen molar-refractivity contribution in [1.82, 2.24) is 0 Å². The standard InChI is InChI=1S/C14H12ClF2NOS/c15-12-5-9(7-18)1-2-10(12)8-20(19)14-6-11(16)3-4-13(14)17/h1-6H,7-8,18H2. The van der Waals surface area contributed by atoms with Crippen LogP contribution in [0.3, 0.4) is 0 Å². The van der Waals surface area contributed by atoms with Gasteiger partial charge in [-0.2, -0.15) is 0 Å². The predicted octanol–water partition coefficient (Wildman–Crippen LogP) is 3.38. The summed E-state index contributed by atoms with van der Waals surface area (Å²) in [6, 6.07) is 8.02. The Morgan fingerprint density at radius 1 is 1.15 bits per heavy atom. The molecule has 2 N–H and O–H groups in total. The Labute approximate surface area is 123 Å². The Balaban J connectivity index is 2.25. The van der Waals surface area contributed by atoms with Crippen LogP contribution in [0.5, 0.6) is 0 Å². The summed E-state index contributed by atoms with van der Waals surface area (Å²) in [5.74, 6) is -1.30. The highest BCUT2D eigenvalue weighted by molar-refractivity contribution is 7.84. The van der Waals surface area contributed by atoms with Gasteiger partial charge >= 0.3 is 0 Å². The van der Waals surface area contributed by atoms with E-state index in [4.69, 9.17) is 17.3 Å². The Bertz CT molecular complexity index is 664. The van der Waals surface area contributed by atoms with Crippen molar-refractivity contribution >= 4 is 22.4 Å². The quantitative estimate of drug-likeness (QED) is 0.940. The maximum Gasteiger partial charge on any atom is 0.139 e. The molecule has 0 aliphatic heterocycles. The molecule has 0 radical (unpaired) electrons. The zero-order valence-electron chi connectivity index (χ0n) is 10.4. The zero-order valence-corrected chi connectivity index (χ0v) is 12.0. The normalized spacial score (nSPS) is 12.4. The first-order valence-electron chi connectivity index (χ1n) is 5.82. The summed E-state index contributed by atoms with van der Waals surface area (Å²) in [6.45, 7) is 0.349. The van der Waals surface area contributed by atoms with Gasteiger partial charge in [0.25, 0.3) is 0 Å². The van der Waals surface area contributed by atoms with Crippen LogP contribution in [0.4, 0.5) is 8.78 Å². The SMILES string of the molecule is NCc1ccc(CS(=O)c2cc(F)ccc2F)c(Cl)c1. The lowest BCUT2D eigenvalue weighted by Gasteiger charge is -2.07. The second-order valence-corrected chi connectivity index (χ2v) is 6.02. The van der Waals surface area contributed by atoms with Gasteiger partial charge in [-0.3, -0.25) is 4.21 Å². The largest absolute Gasteiger partial charge is 0.326 e. The Morgan fingerprint density at radius 2 is 1.90 bits per heavy atom. The van der Waals surface area contributed by atoms with Crippen LogP contribution in [0.2, 0.25) is 5.02 Å². The molecule has 0 bridgehead atoms. The molecule has 1 atom stereocenters. The van der Waals surface area contributed by atoms with Crippen molar-refractivity contribution in [3.63, 3.8) is 0 Å². The van der Waals surface area contributed by atoms with E-state index in [-0.39, 0.29) is 10.6 Å². The molecule has 2 rings (SSSR count). The fraction of sp³-hybridized carbons (Fsp3) is 0.143. The van der Waals surface area contributed by atoms with E-state index >= 15 is 0 Å². The van der Waals surface area contributed by atoms with E-state index < -0.39 is 22.4 Å². The lowest BCUT2D eigenvalue weighted by atomic mass is 10.1. The summed E-state index contributed by atoms with van der Waals surface area (Å²) in [6.07, 6.45) is 0. The fourth-order valence-electron chi connectivity index (χ4n) is 1.71. The molecule has 0 aromatic heterocycles. The Hall–Kier alpha value is -1.30. The molecule has 6 heteroatoms. The molecule has 1 unspecified atom stereocenters. The van der Waals surface area contributed by atoms with Crippen LogP contribution in [0.1, 0.15) is 11.1 Å². The zero-order chi connectivity index (χ0) is 14.7. The smallest absolute Gasteiger partial charge is 0.139 e. The monoisotopic (exact) mass is 315 g/mol. The van der Waals surface area contributed by atoms with E-state index in [9.17, 15) is 13.0 Å². The molecule has 2 aromatic rings. The van der Waals surface area contributed by atoms with Crippen LogP contribution in [0, 0.1) is 11.6 Å². The molecule has 106 valence electrons. The lowest BCUT2D eigenvalue weighted by Crippen LogP contribution is -2.02. The average Bonchev–Trinajstić information content (AvgIpc) is 2.43. The molecule has 20 heavy (non-hydrogen) atoms. The van der Waals surface area contributed by atoms with E-state index in [2.05, 4.69) is 0 Å². The molecule has 2 nitrogen and oxygen atoms in total. The highest BCUT2D eigenvalue weighted by Gasteiger charge is 2.13. The van der Waals surface area contributed by atoms with Gasteiger partial charge in [-0.25, -0.2) is 8.78 Å². The molecular weight excluding hydrogens is 304 g/mol. The van der Waals surface area contributed by atoms with Crippen molar-refractivity contribution in [2.45, 2.75) is 17.2 Å². The van der Waals surface area contributed by atoms with Crippen LogP contribution in [0.25, 0.3) is 0 Å². The molecule has 0 fully saturated rings. The first kappa shape index (κ1) is 15.1. The van der Waals surface area contributed by atoms with Crippen LogP contribution in [0.15, 0.2) is 41.3 Å². The second-order valence-electron chi connectivity index (χ2n) is 4.19. The van der Waals surface area contributed by atoms with Gasteiger partial charge in [-0.05, 0) is 35.4 Å². The molecule has 0 aliphatic carbocycles. The number of nitrogens with two attached hydrogens (primary N) is 1. The van der Waals surface area contributed by atoms with E-state index in [0.29, 0.717) is 17.1 Å². The Morgan fingerprint density at radius 3 is 2.55 bits per heavy atom. The van der Waals surface area contributed by atoms with Crippen molar-refractivity contribution in [3.8, 4) is 0 Å². The molecule has 0 saturated heterocycles. The highest BCUT2D eigenvalue weighted by atomic mass is 35.5. The number of rotatable bonds is 4. The molecule has 0 saturated carbocycles. The first-order chi connectivity index (χ1) is 9.51. The number of hydrogen-bond acceptors (Lipinski definition) is 2. The number of hydrogen-bond donors (Lipinski definition) is 1. The maximum atomic E-state index is 13.5. The third kappa shape index (κ3) is 3.42. The average molecular weight is 316 g/mol. The van der Waals surface area contributed by atoms with Gasteiger partial charge in [0, 0.05) is 11.6 Å². The van der Waals surface area contributed by atoms with Crippen molar-refractivity contribution in [2.24, 2.45) is 5.73 Å². The third-order valence-corrected chi connectivity index (χ3v) is 4.51. The van der Waals surface area contributed by atoms with Gasteiger partial charge in [-0.1, -0.05) is 23.7 Å². The van der Waals surface area contributed by atoms with E-state index in [1.165, 1.54) is 0 Å². The van der Waals surface area contributed by atoms with Gasteiger partial charge in [0.05, 0.1) is 21.4 Å². The summed E-state index contributed by atoms with van der Waals surface area (Å²) < 4.78 is 38.7. The van der Waals surface area contributed by atoms with Crippen molar-refractivity contribution in [1.29, 1.82) is 0 Å². The lowest BCUT2D eigenvalue weighted by molar-refractivity contribution is 0.572. The summed E-state index contributed by atoms with van der Waals surface area (Å²) in [5, 5.41) is 0.415. The second kappa shape index (κ2) is 6.43. The molecule has 2 aromatic carbocycles. The van der Waals surface area contributed by atoms with E-state index in [0.717, 1.165) is 23.8 Å². The van der Waals surface area contributed by atoms with Crippen molar-refractivity contribution < 1.29 is 13.0 Å². The summed E-state index contributed by atoms with van der Waals surface area (Å²) in [7, 11) is -1.71. The number of benzene rings is 2. The minimum atomic E-state index is -1.71. The minimum Gasteiger partial charge on any atom is -0.326 e. The summed E-state index contributed by atoms with van der Waals surface area (Å²) in [4.78, 5) is -0.163. The van der Waals surface area contributed by atoms with Crippen LogP contribution in [-0.4, -0.2) is 4.21 Å². The minimum absolute atomic E-state index is 0.0179. The predicted molar refractivity (Wildman–Crippen MR) is 75.8 cm³/mol. The molecule has 0 heterocycles. The van der Waals surface area contributed by atoms with Crippen molar-refractivity contribution in [2.75, 3.05) is 0 Å².